The third-order valence-electron chi connectivity index (χ3n) is 7.19. The average molecular weight is 445 g/mol. The Morgan fingerprint density at radius 2 is 1.91 bits per heavy atom. The number of hydrogen-bond acceptors (Lipinski definition) is 5. The first-order valence-electron chi connectivity index (χ1n) is 11.8. The van der Waals surface area contributed by atoms with Crippen LogP contribution in [0.3, 0.4) is 0 Å². The molecule has 3 aromatic rings. The van der Waals surface area contributed by atoms with E-state index in [1.54, 1.807) is 0 Å². The van der Waals surface area contributed by atoms with Crippen LogP contribution in [0.4, 0.5) is 0 Å². The highest BCUT2D eigenvalue weighted by Gasteiger charge is 2.43. The van der Waals surface area contributed by atoms with Crippen LogP contribution in [-0.2, 0) is 20.9 Å². The highest BCUT2D eigenvalue weighted by Crippen LogP contribution is 2.39. The Morgan fingerprint density at radius 1 is 1.09 bits per heavy atom. The summed E-state index contributed by atoms with van der Waals surface area (Å²) < 4.78 is 18.2. The summed E-state index contributed by atoms with van der Waals surface area (Å²) in [5.74, 6) is 0.351. The Balaban J connectivity index is 1.17. The molecule has 33 heavy (non-hydrogen) atoms. The zero-order valence-electron chi connectivity index (χ0n) is 18.9. The van der Waals surface area contributed by atoms with Crippen molar-refractivity contribution in [2.45, 2.75) is 51.1 Å². The minimum Gasteiger partial charge on any atom is -0.462 e. The van der Waals surface area contributed by atoms with Gasteiger partial charge < -0.3 is 19.1 Å². The van der Waals surface area contributed by atoms with Crippen LogP contribution in [0.15, 0.2) is 48.7 Å². The molecule has 0 N–H and O–H groups in total. The van der Waals surface area contributed by atoms with E-state index in [0.29, 0.717) is 39.1 Å². The molecule has 1 amide bonds. The van der Waals surface area contributed by atoms with Crippen LogP contribution >= 0.6 is 0 Å². The molecule has 6 rings (SSSR count). The van der Waals surface area contributed by atoms with E-state index in [4.69, 9.17) is 14.2 Å². The van der Waals surface area contributed by atoms with Crippen molar-refractivity contribution in [2.24, 2.45) is 0 Å². The summed E-state index contributed by atoms with van der Waals surface area (Å²) in [5, 5.41) is 2.37. The van der Waals surface area contributed by atoms with E-state index in [0.717, 1.165) is 41.0 Å². The van der Waals surface area contributed by atoms with Gasteiger partial charge in [0, 0.05) is 55.4 Å². The molecular formula is C27H28N2O4. The topological polar surface area (TPSA) is 60.9 Å². The van der Waals surface area contributed by atoms with Crippen LogP contribution in [-0.4, -0.2) is 47.4 Å². The number of aromatic nitrogens is 1. The van der Waals surface area contributed by atoms with Crippen LogP contribution in [0.5, 0.6) is 5.75 Å². The summed E-state index contributed by atoms with van der Waals surface area (Å²) in [6.07, 6.45) is 4.73. The van der Waals surface area contributed by atoms with Gasteiger partial charge in [0.25, 0.3) is 5.91 Å². The van der Waals surface area contributed by atoms with Crippen molar-refractivity contribution in [3.63, 3.8) is 0 Å². The van der Waals surface area contributed by atoms with Crippen molar-refractivity contribution in [3.8, 4) is 16.9 Å². The fourth-order valence-electron chi connectivity index (χ4n) is 5.21. The predicted molar refractivity (Wildman–Crippen MR) is 125 cm³/mol. The molecule has 2 saturated heterocycles. The lowest BCUT2D eigenvalue weighted by Crippen LogP contribution is -2.54. The van der Waals surface area contributed by atoms with Crippen molar-refractivity contribution >= 4 is 16.7 Å². The number of likely N-dealkylation sites (tertiary alicyclic amines) is 1. The van der Waals surface area contributed by atoms with Crippen LogP contribution in [0, 0.1) is 6.92 Å². The number of fused-ring (bicyclic) bond motifs is 2. The van der Waals surface area contributed by atoms with Gasteiger partial charge in [0.2, 0.25) is 5.79 Å². The summed E-state index contributed by atoms with van der Waals surface area (Å²) in [7, 11) is 0. The maximum absolute atomic E-state index is 12.7. The zero-order chi connectivity index (χ0) is 22.4. The standard InChI is InChI=1S/C27H28N2O4/c1-18-23-6-4-19(15-21(23)8-11-28-18)20-5-7-24-22(16-20)17-32-27(33-24)9-12-29(13-10-27)26(30)25-3-2-14-31-25/h4-8,11,15-16,25H,2-3,9-10,12-14,17H2,1H3/t25-/m1/s1. The van der Waals surface area contributed by atoms with Gasteiger partial charge >= 0.3 is 0 Å². The fraction of sp³-hybridized carbons (Fsp3) is 0.407. The van der Waals surface area contributed by atoms with E-state index < -0.39 is 5.79 Å². The first-order valence-corrected chi connectivity index (χ1v) is 11.8. The minimum atomic E-state index is -0.644. The van der Waals surface area contributed by atoms with Gasteiger partial charge in [0.05, 0.1) is 6.61 Å². The molecule has 3 aliphatic rings. The SMILES string of the molecule is Cc1nccc2cc(-c3ccc4c(c3)COC3(CCN(C(=O)[C@H]5CCCO5)CC3)O4)ccc12. The summed E-state index contributed by atoms with van der Waals surface area (Å²) in [5.41, 5.74) is 4.41. The van der Waals surface area contributed by atoms with E-state index in [9.17, 15) is 4.79 Å². The number of carbonyl (C=O) groups is 1. The molecule has 0 bridgehead atoms. The largest absolute Gasteiger partial charge is 0.462 e. The third-order valence-corrected chi connectivity index (χ3v) is 7.19. The Morgan fingerprint density at radius 3 is 2.73 bits per heavy atom. The molecular weight excluding hydrogens is 416 g/mol. The van der Waals surface area contributed by atoms with Crippen molar-refractivity contribution in [2.75, 3.05) is 19.7 Å². The van der Waals surface area contributed by atoms with Crippen molar-refractivity contribution in [1.82, 2.24) is 9.88 Å². The zero-order valence-corrected chi connectivity index (χ0v) is 18.9. The van der Waals surface area contributed by atoms with Gasteiger partial charge in [-0.25, -0.2) is 0 Å². The second-order valence-corrected chi connectivity index (χ2v) is 9.28. The molecule has 6 nitrogen and oxygen atoms in total. The molecule has 0 radical (unpaired) electrons. The summed E-state index contributed by atoms with van der Waals surface area (Å²) >= 11 is 0. The van der Waals surface area contributed by atoms with Crippen LogP contribution in [0.25, 0.3) is 21.9 Å². The number of carbonyl (C=O) groups excluding carboxylic acids is 1. The second-order valence-electron chi connectivity index (χ2n) is 9.28. The molecule has 0 unspecified atom stereocenters. The molecule has 0 aliphatic carbocycles. The Labute approximate surface area is 193 Å². The highest BCUT2D eigenvalue weighted by atomic mass is 16.7. The highest BCUT2D eigenvalue weighted by molar-refractivity contribution is 5.88. The van der Waals surface area contributed by atoms with Gasteiger partial charge in [-0.05, 0) is 60.5 Å². The molecule has 1 atom stereocenters. The van der Waals surface area contributed by atoms with E-state index in [-0.39, 0.29) is 12.0 Å². The number of ether oxygens (including phenoxy) is 3. The number of amides is 1. The number of piperidine rings is 1. The number of rotatable bonds is 2. The molecule has 4 heterocycles. The summed E-state index contributed by atoms with van der Waals surface area (Å²) in [6, 6.07) is 14.9. The van der Waals surface area contributed by atoms with Crippen molar-refractivity contribution in [3.05, 3.63) is 59.9 Å². The van der Waals surface area contributed by atoms with Crippen LogP contribution in [0.2, 0.25) is 0 Å². The molecule has 6 heteroatoms. The number of hydrogen-bond donors (Lipinski definition) is 0. The van der Waals surface area contributed by atoms with Gasteiger partial charge in [0.1, 0.15) is 11.9 Å². The lowest BCUT2D eigenvalue weighted by molar-refractivity contribution is -0.228. The normalized spacial score (nSPS) is 21.7. The first kappa shape index (κ1) is 20.6. The van der Waals surface area contributed by atoms with Gasteiger partial charge in [-0.15, -0.1) is 0 Å². The van der Waals surface area contributed by atoms with Crippen molar-refractivity contribution in [1.29, 1.82) is 0 Å². The average Bonchev–Trinajstić information content (AvgIpc) is 3.39. The Hall–Kier alpha value is -2.96. The third kappa shape index (κ3) is 3.77. The first-order chi connectivity index (χ1) is 16.1. The van der Waals surface area contributed by atoms with E-state index >= 15 is 0 Å². The molecule has 2 aromatic carbocycles. The quantitative estimate of drug-likeness (QED) is 0.577. The number of pyridine rings is 1. The Bertz CT molecular complexity index is 1210. The lowest BCUT2D eigenvalue weighted by Gasteiger charge is -2.44. The van der Waals surface area contributed by atoms with Gasteiger partial charge in [0.15, 0.2) is 0 Å². The van der Waals surface area contributed by atoms with Gasteiger partial charge in [-0.2, -0.15) is 0 Å². The number of nitrogens with zero attached hydrogens (tertiary/aromatic N) is 2. The Kier molecular flexibility index (Phi) is 5.07. The van der Waals surface area contributed by atoms with Crippen LogP contribution < -0.4 is 4.74 Å². The molecule has 1 spiro atoms. The smallest absolute Gasteiger partial charge is 0.251 e. The molecule has 3 aliphatic heterocycles. The van der Waals surface area contributed by atoms with Crippen LogP contribution in [0.1, 0.15) is 36.9 Å². The number of benzene rings is 2. The van der Waals surface area contributed by atoms with E-state index in [1.807, 2.05) is 18.0 Å². The monoisotopic (exact) mass is 444 g/mol. The minimum absolute atomic E-state index is 0.115. The number of aryl methyl sites for hydroxylation is 1. The van der Waals surface area contributed by atoms with E-state index in [2.05, 4.69) is 47.4 Å². The maximum Gasteiger partial charge on any atom is 0.251 e. The fourth-order valence-corrected chi connectivity index (χ4v) is 5.21. The lowest BCUT2D eigenvalue weighted by atomic mass is 9.97. The van der Waals surface area contributed by atoms with Crippen molar-refractivity contribution < 1.29 is 19.0 Å². The van der Waals surface area contributed by atoms with Gasteiger partial charge in [-0.3, -0.25) is 9.78 Å². The molecule has 1 aromatic heterocycles. The molecule has 2 fully saturated rings. The summed E-state index contributed by atoms with van der Waals surface area (Å²) in [6.45, 7) is 4.51. The van der Waals surface area contributed by atoms with Gasteiger partial charge in [-0.1, -0.05) is 18.2 Å². The summed E-state index contributed by atoms with van der Waals surface area (Å²) in [4.78, 5) is 18.9. The molecule has 0 saturated carbocycles. The van der Waals surface area contributed by atoms with E-state index in [1.165, 1.54) is 10.8 Å². The molecule has 170 valence electrons. The second kappa shape index (κ2) is 8.12. The predicted octanol–water partition coefficient (Wildman–Crippen LogP) is 4.62. The maximum atomic E-state index is 12.7.